The lowest BCUT2D eigenvalue weighted by molar-refractivity contribution is 0.0967. The number of likely N-dealkylation sites (tertiary alicyclic amines) is 1. The minimum Gasteiger partial charge on any atom is -0.490 e. The van der Waals surface area contributed by atoms with Gasteiger partial charge in [-0.2, -0.15) is 15.5 Å². The maximum Gasteiger partial charge on any atom is 0.119 e. The van der Waals surface area contributed by atoms with Gasteiger partial charge in [0.25, 0.3) is 0 Å². The zero-order chi connectivity index (χ0) is 19.2. The molecule has 5 nitrogen and oxygen atoms in total. The first-order valence-electron chi connectivity index (χ1n) is 9.55. The van der Waals surface area contributed by atoms with Crippen LogP contribution in [0.15, 0.2) is 67.0 Å². The fraction of sp³-hybridized carbons (Fsp3) is 0.261. The van der Waals surface area contributed by atoms with Crippen molar-refractivity contribution >= 4 is 0 Å². The lowest BCUT2D eigenvalue weighted by Gasteiger charge is -2.32. The van der Waals surface area contributed by atoms with Gasteiger partial charge in [0.05, 0.1) is 17.8 Å². The van der Waals surface area contributed by atoms with E-state index in [1.54, 1.807) is 6.20 Å². The summed E-state index contributed by atoms with van der Waals surface area (Å²) >= 11 is 0. The van der Waals surface area contributed by atoms with E-state index in [1.807, 2.05) is 48.7 Å². The summed E-state index contributed by atoms with van der Waals surface area (Å²) < 4.78 is 6.19. The fourth-order valence-electron chi connectivity index (χ4n) is 3.51. The summed E-state index contributed by atoms with van der Waals surface area (Å²) in [5.41, 5.74) is 4.10. The first kappa shape index (κ1) is 18.1. The lowest BCUT2D eigenvalue weighted by atomic mass is 10.0. The van der Waals surface area contributed by atoms with Crippen molar-refractivity contribution in [2.75, 3.05) is 13.1 Å². The third kappa shape index (κ3) is 4.54. The van der Waals surface area contributed by atoms with Crippen LogP contribution in [0, 0.1) is 11.3 Å². The van der Waals surface area contributed by atoms with Crippen LogP contribution >= 0.6 is 0 Å². The average Bonchev–Trinajstić information content (AvgIpc) is 2.76. The number of aromatic nitrogens is 2. The van der Waals surface area contributed by atoms with Crippen LogP contribution in [-0.4, -0.2) is 34.3 Å². The van der Waals surface area contributed by atoms with E-state index in [0.29, 0.717) is 5.56 Å². The number of hydrogen-bond acceptors (Lipinski definition) is 5. The van der Waals surface area contributed by atoms with Crippen LogP contribution < -0.4 is 4.74 Å². The number of hydrogen-bond donors (Lipinski definition) is 0. The van der Waals surface area contributed by atoms with Crippen LogP contribution in [-0.2, 0) is 6.54 Å². The van der Waals surface area contributed by atoms with E-state index in [-0.39, 0.29) is 6.10 Å². The molecule has 0 amide bonds. The normalized spacial score (nSPS) is 15.1. The molecule has 0 unspecified atom stereocenters. The van der Waals surface area contributed by atoms with E-state index in [2.05, 4.69) is 33.3 Å². The summed E-state index contributed by atoms with van der Waals surface area (Å²) in [5.74, 6) is 0.911. The van der Waals surface area contributed by atoms with E-state index in [4.69, 9.17) is 10.00 Å². The van der Waals surface area contributed by atoms with Crippen molar-refractivity contribution in [1.29, 1.82) is 5.26 Å². The number of rotatable bonds is 5. The van der Waals surface area contributed by atoms with Crippen molar-refractivity contribution in [2.24, 2.45) is 0 Å². The lowest BCUT2D eigenvalue weighted by Crippen LogP contribution is -2.37. The Hall–Kier alpha value is -3.23. The molecule has 0 saturated carbocycles. The number of ether oxygens (including phenoxy) is 1. The molecular weight excluding hydrogens is 348 g/mol. The van der Waals surface area contributed by atoms with Gasteiger partial charge in [-0.1, -0.05) is 24.3 Å². The van der Waals surface area contributed by atoms with Crippen LogP contribution in [0.2, 0.25) is 0 Å². The zero-order valence-corrected chi connectivity index (χ0v) is 15.7. The maximum atomic E-state index is 8.91. The van der Waals surface area contributed by atoms with Crippen LogP contribution in [0.1, 0.15) is 24.0 Å². The molecule has 0 bridgehead atoms. The Morgan fingerprint density at radius 2 is 1.61 bits per heavy atom. The van der Waals surface area contributed by atoms with Crippen molar-refractivity contribution in [1.82, 2.24) is 15.1 Å². The zero-order valence-electron chi connectivity index (χ0n) is 15.7. The monoisotopic (exact) mass is 370 g/mol. The van der Waals surface area contributed by atoms with Gasteiger partial charge in [0.15, 0.2) is 0 Å². The van der Waals surface area contributed by atoms with Crippen LogP contribution in [0.3, 0.4) is 0 Å². The van der Waals surface area contributed by atoms with Crippen molar-refractivity contribution in [3.05, 3.63) is 78.1 Å². The second-order valence-corrected chi connectivity index (χ2v) is 7.06. The highest BCUT2D eigenvalue weighted by Crippen LogP contribution is 2.25. The molecule has 140 valence electrons. The van der Waals surface area contributed by atoms with Gasteiger partial charge in [-0.25, -0.2) is 0 Å². The summed E-state index contributed by atoms with van der Waals surface area (Å²) in [6, 6.07) is 20.0. The largest absolute Gasteiger partial charge is 0.490 e. The molecule has 0 atom stereocenters. The standard InChI is InChI=1S/C23H22N4O/c24-15-18-1-3-20(4-2-18)21-5-7-22(8-6-21)28-23-10-13-27(14-11-23)17-19-9-12-25-26-16-19/h1-9,12,16,23H,10-11,13-14,17H2. The molecule has 2 heterocycles. The molecule has 2 aromatic carbocycles. The summed E-state index contributed by atoms with van der Waals surface area (Å²) in [5, 5.41) is 16.7. The number of nitrogens with zero attached hydrogens (tertiary/aromatic N) is 4. The van der Waals surface area contributed by atoms with Crippen molar-refractivity contribution in [2.45, 2.75) is 25.5 Å². The predicted molar refractivity (Wildman–Crippen MR) is 108 cm³/mol. The SMILES string of the molecule is N#Cc1ccc(-c2ccc(OC3CCN(Cc4ccnnc4)CC3)cc2)cc1. The van der Waals surface area contributed by atoms with E-state index in [1.165, 1.54) is 5.56 Å². The molecule has 4 rings (SSSR count). The third-order valence-corrected chi connectivity index (χ3v) is 5.09. The van der Waals surface area contributed by atoms with E-state index in [9.17, 15) is 0 Å². The van der Waals surface area contributed by atoms with Gasteiger partial charge in [0.2, 0.25) is 0 Å². The molecule has 1 aliphatic rings. The summed E-state index contributed by atoms with van der Waals surface area (Å²) in [4.78, 5) is 2.44. The molecule has 0 radical (unpaired) electrons. The number of nitriles is 1. The molecule has 0 spiro atoms. The van der Waals surface area contributed by atoms with E-state index < -0.39 is 0 Å². The number of benzene rings is 2. The molecule has 1 aliphatic heterocycles. The third-order valence-electron chi connectivity index (χ3n) is 5.09. The Morgan fingerprint density at radius 1 is 0.929 bits per heavy atom. The van der Waals surface area contributed by atoms with Crippen LogP contribution in [0.5, 0.6) is 5.75 Å². The highest BCUT2D eigenvalue weighted by atomic mass is 16.5. The minimum absolute atomic E-state index is 0.257. The smallest absolute Gasteiger partial charge is 0.119 e. The van der Waals surface area contributed by atoms with Gasteiger partial charge in [-0.05, 0) is 59.9 Å². The molecule has 1 aromatic heterocycles. The summed E-state index contributed by atoms with van der Waals surface area (Å²) in [7, 11) is 0. The highest BCUT2D eigenvalue weighted by Gasteiger charge is 2.20. The van der Waals surface area contributed by atoms with Gasteiger partial charge in [0.1, 0.15) is 11.9 Å². The maximum absolute atomic E-state index is 8.91. The van der Waals surface area contributed by atoms with Gasteiger partial charge < -0.3 is 4.74 Å². The van der Waals surface area contributed by atoms with Crippen LogP contribution in [0.25, 0.3) is 11.1 Å². The predicted octanol–water partition coefficient (Wildman–Crippen LogP) is 4.06. The molecule has 1 fully saturated rings. The molecule has 0 aliphatic carbocycles. The highest BCUT2D eigenvalue weighted by molar-refractivity contribution is 5.64. The molecule has 1 saturated heterocycles. The minimum atomic E-state index is 0.257. The Kier molecular flexibility index (Phi) is 5.60. The van der Waals surface area contributed by atoms with Gasteiger partial charge in [-0.3, -0.25) is 4.90 Å². The second kappa shape index (κ2) is 8.64. The number of piperidine rings is 1. The van der Waals surface area contributed by atoms with Crippen molar-refractivity contribution < 1.29 is 4.74 Å². The Labute approximate surface area is 165 Å². The summed E-state index contributed by atoms with van der Waals surface area (Å²) in [6.45, 7) is 2.97. The summed E-state index contributed by atoms with van der Waals surface area (Å²) in [6.07, 6.45) is 5.88. The quantitative estimate of drug-likeness (QED) is 0.678. The molecule has 0 N–H and O–H groups in total. The van der Waals surface area contributed by atoms with Gasteiger partial charge >= 0.3 is 0 Å². The van der Waals surface area contributed by atoms with Crippen LogP contribution in [0.4, 0.5) is 0 Å². The molecule has 3 aromatic rings. The van der Waals surface area contributed by atoms with Crippen molar-refractivity contribution in [3.63, 3.8) is 0 Å². The average molecular weight is 370 g/mol. The first-order valence-corrected chi connectivity index (χ1v) is 9.55. The van der Waals surface area contributed by atoms with E-state index >= 15 is 0 Å². The van der Waals surface area contributed by atoms with E-state index in [0.717, 1.165) is 49.4 Å². The Morgan fingerprint density at radius 3 is 2.21 bits per heavy atom. The van der Waals surface area contributed by atoms with Gasteiger partial charge in [-0.15, -0.1) is 0 Å². The Balaban J connectivity index is 1.30. The molecule has 5 heteroatoms. The first-order chi connectivity index (χ1) is 13.8. The second-order valence-electron chi connectivity index (χ2n) is 7.06. The fourth-order valence-corrected chi connectivity index (χ4v) is 3.51. The Bertz CT molecular complexity index is 925. The van der Waals surface area contributed by atoms with Gasteiger partial charge in [0, 0.05) is 25.8 Å². The topological polar surface area (TPSA) is 62.0 Å². The molecule has 28 heavy (non-hydrogen) atoms. The van der Waals surface area contributed by atoms with Crippen molar-refractivity contribution in [3.8, 4) is 22.9 Å². The molecular formula is C23H22N4O.